The molecule has 1 amide bonds. The third-order valence-electron chi connectivity index (χ3n) is 5.20. The fourth-order valence-corrected chi connectivity index (χ4v) is 3.73. The normalized spacial score (nSPS) is 27.8. The zero-order chi connectivity index (χ0) is 14.6. The third-order valence-corrected chi connectivity index (χ3v) is 5.20. The first kappa shape index (κ1) is 15.8. The molecule has 4 heteroatoms. The van der Waals surface area contributed by atoms with Crippen LogP contribution in [0.3, 0.4) is 0 Å². The highest BCUT2D eigenvalue weighted by Crippen LogP contribution is 2.40. The standard InChI is InChI=1S/C16H31N3O/c1-3-13-6-5-10-19(11-9-13)12-16(15(17)20,18-4-2)14-7-8-14/h13-14,18H,3-12H2,1-2H3,(H2,17,20). The van der Waals surface area contributed by atoms with Gasteiger partial charge < -0.3 is 16.0 Å². The average Bonchev–Trinajstić information content (AvgIpc) is 3.25. The Bertz CT molecular complexity index is 330. The number of hydrogen-bond donors (Lipinski definition) is 2. The number of amides is 1. The van der Waals surface area contributed by atoms with Crippen molar-refractivity contribution >= 4 is 5.91 Å². The summed E-state index contributed by atoms with van der Waals surface area (Å²) < 4.78 is 0. The summed E-state index contributed by atoms with van der Waals surface area (Å²) in [6.45, 7) is 8.20. The number of carbonyl (C=O) groups excluding carboxylic acids is 1. The van der Waals surface area contributed by atoms with Crippen LogP contribution in [-0.4, -0.2) is 42.5 Å². The van der Waals surface area contributed by atoms with Gasteiger partial charge in [-0.2, -0.15) is 0 Å². The maximum Gasteiger partial charge on any atom is 0.239 e. The zero-order valence-electron chi connectivity index (χ0n) is 13.2. The number of likely N-dealkylation sites (tertiary alicyclic amines) is 1. The Morgan fingerprint density at radius 2 is 2.00 bits per heavy atom. The Hall–Kier alpha value is -0.610. The molecule has 0 bridgehead atoms. The molecule has 20 heavy (non-hydrogen) atoms. The van der Waals surface area contributed by atoms with E-state index in [-0.39, 0.29) is 5.91 Å². The first-order chi connectivity index (χ1) is 9.62. The fourth-order valence-electron chi connectivity index (χ4n) is 3.73. The van der Waals surface area contributed by atoms with Crippen molar-refractivity contribution in [2.75, 3.05) is 26.2 Å². The molecule has 1 aliphatic carbocycles. The minimum atomic E-state index is -0.485. The Balaban J connectivity index is 2.01. The van der Waals surface area contributed by atoms with Crippen molar-refractivity contribution in [3.8, 4) is 0 Å². The second-order valence-corrected chi connectivity index (χ2v) is 6.62. The van der Waals surface area contributed by atoms with Crippen molar-refractivity contribution in [3.63, 3.8) is 0 Å². The number of nitrogens with one attached hydrogen (secondary N) is 1. The number of primary amides is 1. The maximum absolute atomic E-state index is 12.1. The van der Waals surface area contributed by atoms with Gasteiger partial charge in [0.25, 0.3) is 0 Å². The zero-order valence-corrected chi connectivity index (χ0v) is 13.2. The fraction of sp³-hybridized carbons (Fsp3) is 0.938. The van der Waals surface area contributed by atoms with Crippen LogP contribution in [0.25, 0.3) is 0 Å². The highest BCUT2D eigenvalue weighted by molar-refractivity contribution is 5.86. The van der Waals surface area contributed by atoms with Crippen LogP contribution < -0.4 is 11.1 Å². The quantitative estimate of drug-likeness (QED) is 0.747. The molecule has 0 spiro atoms. The van der Waals surface area contributed by atoms with E-state index in [1.165, 1.54) is 25.7 Å². The molecular weight excluding hydrogens is 250 g/mol. The van der Waals surface area contributed by atoms with Gasteiger partial charge in [0.15, 0.2) is 0 Å². The van der Waals surface area contributed by atoms with Gasteiger partial charge in [-0.05, 0) is 63.6 Å². The van der Waals surface area contributed by atoms with Gasteiger partial charge in [-0.25, -0.2) is 0 Å². The first-order valence-corrected chi connectivity index (χ1v) is 8.39. The van der Waals surface area contributed by atoms with Crippen LogP contribution in [-0.2, 0) is 4.79 Å². The lowest BCUT2D eigenvalue weighted by molar-refractivity contribution is -0.126. The summed E-state index contributed by atoms with van der Waals surface area (Å²) in [6, 6.07) is 0. The van der Waals surface area contributed by atoms with Gasteiger partial charge in [0.2, 0.25) is 5.91 Å². The van der Waals surface area contributed by atoms with Gasteiger partial charge >= 0.3 is 0 Å². The molecule has 1 aliphatic heterocycles. The van der Waals surface area contributed by atoms with E-state index in [0.29, 0.717) is 5.92 Å². The third kappa shape index (κ3) is 3.53. The lowest BCUT2D eigenvalue weighted by Crippen LogP contribution is -2.63. The minimum absolute atomic E-state index is 0.155. The smallest absolute Gasteiger partial charge is 0.239 e. The molecule has 0 aromatic heterocycles. The first-order valence-electron chi connectivity index (χ1n) is 8.39. The van der Waals surface area contributed by atoms with Crippen LogP contribution in [0.5, 0.6) is 0 Å². The molecule has 0 aromatic rings. The van der Waals surface area contributed by atoms with Crippen LogP contribution in [0.15, 0.2) is 0 Å². The summed E-state index contributed by atoms with van der Waals surface area (Å²) in [5.41, 5.74) is 5.29. The van der Waals surface area contributed by atoms with Gasteiger partial charge in [0.1, 0.15) is 5.54 Å². The molecule has 0 aromatic carbocycles. The van der Waals surface area contributed by atoms with E-state index in [2.05, 4.69) is 24.1 Å². The predicted molar refractivity (Wildman–Crippen MR) is 82.4 cm³/mol. The Morgan fingerprint density at radius 1 is 1.25 bits per heavy atom. The number of carbonyl (C=O) groups is 1. The van der Waals surface area contributed by atoms with Gasteiger partial charge in [-0.3, -0.25) is 4.79 Å². The molecule has 4 nitrogen and oxygen atoms in total. The molecule has 3 N–H and O–H groups in total. The Labute approximate surface area is 123 Å². The molecular formula is C16H31N3O. The molecule has 2 aliphatic rings. The molecule has 2 fully saturated rings. The second-order valence-electron chi connectivity index (χ2n) is 6.62. The van der Waals surface area contributed by atoms with E-state index >= 15 is 0 Å². The van der Waals surface area contributed by atoms with E-state index in [9.17, 15) is 4.79 Å². The largest absolute Gasteiger partial charge is 0.368 e. The number of likely N-dealkylation sites (N-methyl/N-ethyl adjacent to an activating group) is 1. The molecule has 2 rings (SSSR count). The topological polar surface area (TPSA) is 58.4 Å². The van der Waals surface area contributed by atoms with Gasteiger partial charge in [-0.15, -0.1) is 0 Å². The van der Waals surface area contributed by atoms with Crippen molar-refractivity contribution in [2.45, 2.75) is 57.9 Å². The summed E-state index contributed by atoms with van der Waals surface area (Å²) >= 11 is 0. The van der Waals surface area contributed by atoms with E-state index in [0.717, 1.165) is 44.9 Å². The Morgan fingerprint density at radius 3 is 2.55 bits per heavy atom. The number of nitrogens with zero attached hydrogens (tertiary/aromatic N) is 1. The van der Waals surface area contributed by atoms with Crippen molar-refractivity contribution in [3.05, 3.63) is 0 Å². The molecule has 2 unspecified atom stereocenters. The molecule has 116 valence electrons. The van der Waals surface area contributed by atoms with Crippen LogP contribution in [0.2, 0.25) is 0 Å². The summed E-state index contributed by atoms with van der Waals surface area (Å²) in [4.78, 5) is 14.6. The molecule has 1 heterocycles. The van der Waals surface area contributed by atoms with Crippen LogP contribution in [0.4, 0.5) is 0 Å². The number of hydrogen-bond acceptors (Lipinski definition) is 3. The minimum Gasteiger partial charge on any atom is -0.368 e. The maximum atomic E-state index is 12.1. The molecule has 1 saturated heterocycles. The number of rotatable bonds is 7. The van der Waals surface area contributed by atoms with Crippen LogP contribution in [0.1, 0.15) is 52.4 Å². The van der Waals surface area contributed by atoms with Crippen molar-refractivity contribution in [1.29, 1.82) is 0 Å². The van der Waals surface area contributed by atoms with Crippen LogP contribution >= 0.6 is 0 Å². The lowest BCUT2D eigenvalue weighted by atomic mass is 9.91. The van der Waals surface area contributed by atoms with Crippen molar-refractivity contribution in [1.82, 2.24) is 10.2 Å². The van der Waals surface area contributed by atoms with Crippen LogP contribution in [0, 0.1) is 11.8 Å². The molecule has 1 saturated carbocycles. The predicted octanol–water partition coefficient (Wildman–Crippen LogP) is 1.74. The van der Waals surface area contributed by atoms with E-state index in [4.69, 9.17) is 5.73 Å². The lowest BCUT2D eigenvalue weighted by Gasteiger charge is -2.36. The van der Waals surface area contributed by atoms with Gasteiger partial charge in [0, 0.05) is 6.54 Å². The van der Waals surface area contributed by atoms with E-state index in [1.807, 2.05) is 0 Å². The summed E-state index contributed by atoms with van der Waals surface area (Å²) in [5.74, 6) is 1.16. The monoisotopic (exact) mass is 281 g/mol. The summed E-state index contributed by atoms with van der Waals surface area (Å²) in [6.07, 6.45) is 7.42. The highest BCUT2D eigenvalue weighted by Gasteiger charge is 2.50. The number of nitrogens with two attached hydrogens (primary N) is 1. The average molecular weight is 281 g/mol. The molecule has 0 radical (unpaired) electrons. The van der Waals surface area contributed by atoms with Gasteiger partial charge in [0.05, 0.1) is 0 Å². The van der Waals surface area contributed by atoms with E-state index < -0.39 is 5.54 Å². The Kier molecular flexibility index (Phi) is 5.44. The van der Waals surface area contributed by atoms with E-state index in [1.54, 1.807) is 0 Å². The van der Waals surface area contributed by atoms with Gasteiger partial charge in [-0.1, -0.05) is 20.3 Å². The summed E-state index contributed by atoms with van der Waals surface area (Å²) in [7, 11) is 0. The molecule has 2 atom stereocenters. The summed E-state index contributed by atoms with van der Waals surface area (Å²) in [5, 5.41) is 3.43. The van der Waals surface area contributed by atoms with Crippen molar-refractivity contribution < 1.29 is 4.79 Å². The highest BCUT2D eigenvalue weighted by atomic mass is 16.1. The second kappa shape index (κ2) is 6.90. The van der Waals surface area contributed by atoms with Crippen molar-refractivity contribution in [2.24, 2.45) is 17.6 Å². The SMILES string of the molecule is CCNC(CN1CCCC(CC)CC1)(C(N)=O)C1CC1.